The van der Waals surface area contributed by atoms with Crippen LogP contribution in [0.25, 0.3) is 22.3 Å². The van der Waals surface area contributed by atoms with E-state index in [0.717, 1.165) is 19.3 Å². The van der Waals surface area contributed by atoms with Crippen LogP contribution in [0.3, 0.4) is 0 Å². The fraction of sp³-hybridized carbons (Fsp3) is 0.143. The molecule has 0 amide bonds. The van der Waals surface area contributed by atoms with Gasteiger partial charge in [0.05, 0.1) is 6.04 Å². The van der Waals surface area contributed by atoms with E-state index in [-0.39, 0.29) is 18.0 Å². The Morgan fingerprint density at radius 3 is 1.91 bits per heavy atom. The van der Waals surface area contributed by atoms with Gasteiger partial charge in [0.25, 0.3) is 0 Å². The molecule has 1 heterocycles. The van der Waals surface area contributed by atoms with Crippen molar-refractivity contribution in [3.05, 3.63) is 178 Å². The smallest absolute Gasteiger partial charge is 0.0622 e. The lowest BCUT2D eigenvalue weighted by Gasteiger charge is -2.42. The van der Waals surface area contributed by atoms with Crippen LogP contribution >= 0.6 is 0 Å². The van der Waals surface area contributed by atoms with Crippen molar-refractivity contribution in [3.8, 4) is 22.3 Å². The first-order chi connectivity index (χ1) is 21.8. The van der Waals surface area contributed by atoms with Crippen LogP contribution in [0, 0.1) is 0 Å². The Kier molecular flexibility index (Phi) is 5.94. The second-order valence-electron chi connectivity index (χ2n) is 12.6. The summed E-state index contributed by atoms with van der Waals surface area (Å²) in [6, 6.07) is 52.1. The average molecular weight is 567 g/mol. The average Bonchev–Trinajstić information content (AvgIpc) is 3.62. The van der Waals surface area contributed by atoms with E-state index in [4.69, 9.17) is 0 Å². The molecule has 9 rings (SSSR count). The van der Waals surface area contributed by atoms with Crippen LogP contribution in [0.15, 0.2) is 140 Å². The zero-order valence-electron chi connectivity index (χ0n) is 24.6. The van der Waals surface area contributed by atoms with Crippen molar-refractivity contribution in [3.63, 3.8) is 0 Å². The molecule has 2 N–H and O–H groups in total. The van der Waals surface area contributed by atoms with Gasteiger partial charge in [-0.2, -0.15) is 0 Å². The molecule has 3 atom stereocenters. The zero-order chi connectivity index (χ0) is 29.0. The van der Waals surface area contributed by atoms with Gasteiger partial charge in [0.1, 0.15) is 0 Å². The Balaban J connectivity index is 1.18. The summed E-state index contributed by atoms with van der Waals surface area (Å²) in [7, 11) is 0. The molecule has 0 aromatic heterocycles. The molecule has 0 saturated carbocycles. The molecule has 0 spiro atoms. The highest BCUT2D eigenvalue weighted by atomic mass is 15.0. The van der Waals surface area contributed by atoms with Gasteiger partial charge < -0.3 is 10.6 Å². The molecule has 0 unspecified atom stereocenters. The fourth-order valence-electron chi connectivity index (χ4n) is 8.03. The highest BCUT2D eigenvalue weighted by Crippen LogP contribution is 2.49. The number of anilines is 2. The molecular weight excluding hydrogens is 532 g/mol. The molecule has 44 heavy (non-hydrogen) atoms. The largest absolute Gasteiger partial charge is 0.381 e. The summed E-state index contributed by atoms with van der Waals surface area (Å²) in [5, 5.41) is 8.21. The first-order valence-corrected chi connectivity index (χ1v) is 15.9. The Morgan fingerprint density at radius 2 is 1.16 bits per heavy atom. The first-order valence-electron chi connectivity index (χ1n) is 15.9. The standard InChI is InChI=1S/C42H34N2/c1-3-11-27(12-4-1)21-40-41(28-13-5-2-6-14-28)42(43-33-19-20-36-31(24-33)22-29-15-7-9-17-34(29)36)38-26-37-32(25-39(38)44-40)23-30-16-8-10-18-35(30)37/h1-20,24-26,40-44H,21-23H2/t40-,41-,42-/m0/s1. The molecule has 0 radical (unpaired) electrons. The molecule has 2 heteroatoms. The van der Waals surface area contributed by atoms with Gasteiger partial charge >= 0.3 is 0 Å². The van der Waals surface area contributed by atoms with E-state index in [1.807, 2.05) is 0 Å². The van der Waals surface area contributed by atoms with Gasteiger partial charge in [0.2, 0.25) is 0 Å². The van der Waals surface area contributed by atoms with Gasteiger partial charge in [-0.1, -0.05) is 115 Å². The van der Waals surface area contributed by atoms with Crippen molar-refractivity contribution in [2.75, 3.05) is 10.6 Å². The van der Waals surface area contributed by atoms with Gasteiger partial charge in [0, 0.05) is 23.3 Å². The van der Waals surface area contributed by atoms with E-state index in [1.165, 1.54) is 72.6 Å². The summed E-state index contributed by atoms with van der Waals surface area (Å²) in [5.74, 6) is 0.226. The van der Waals surface area contributed by atoms with Crippen molar-refractivity contribution in [1.29, 1.82) is 0 Å². The molecule has 2 nitrogen and oxygen atoms in total. The molecule has 2 aliphatic carbocycles. The Labute approximate surface area is 259 Å². The number of fused-ring (bicyclic) bond motifs is 7. The summed E-state index contributed by atoms with van der Waals surface area (Å²) >= 11 is 0. The molecule has 3 aliphatic rings. The van der Waals surface area contributed by atoms with Crippen molar-refractivity contribution in [2.45, 2.75) is 37.3 Å². The molecule has 6 aromatic rings. The third-order valence-corrected chi connectivity index (χ3v) is 10.0. The molecule has 6 aromatic carbocycles. The maximum absolute atomic E-state index is 4.13. The minimum Gasteiger partial charge on any atom is -0.381 e. The second kappa shape index (κ2) is 10.3. The number of nitrogens with one attached hydrogen (secondary N) is 2. The van der Waals surface area contributed by atoms with Gasteiger partial charge in [-0.25, -0.2) is 0 Å². The van der Waals surface area contributed by atoms with E-state index >= 15 is 0 Å². The molecule has 212 valence electrons. The maximum atomic E-state index is 4.13. The molecule has 1 aliphatic heterocycles. The topological polar surface area (TPSA) is 24.1 Å². The summed E-state index contributed by atoms with van der Waals surface area (Å²) in [6.07, 6.45) is 2.94. The van der Waals surface area contributed by atoms with Gasteiger partial charge in [-0.15, -0.1) is 0 Å². The van der Waals surface area contributed by atoms with E-state index in [0.29, 0.717) is 0 Å². The minimum atomic E-state index is 0.0993. The van der Waals surface area contributed by atoms with Gasteiger partial charge in [-0.3, -0.25) is 0 Å². The molecular formula is C42H34N2. The third kappa shape index (κ3) is 4.25. The predicted octanol–water partition coefficient (Wildman–Crippen LogP) is 9.80. The Hall–Kier alpha value is -5.08. The van der Waals surface area contributed by atoms with E-state index in [1.54, 1.807) is 0 Å². The quantitative estimate of drug-likeness (QED) is 0.217. The monoisotopic (exact) mass is 566 g/mol. The summed E-state index contributed by atoms with van der Waals surface area (Å²) in [4.78, 5) is 0. The number of hydrogen-bond donors (Lipinski definition) is 2. The van der Waals surface area contributed by atoms with Crippen LogP contribution in [0.1, 0.15) is 50.9 Å². The van der Waals surface area contributed by atoms with Crippen LogP contribution < -0.4 is 10.6 Å². The van der Waals surface area contributed by atoms with Gasteiger partial charge in [0.15, 0.2) is 0 Å². The number of hydrogen-bond acceptors (Lipinski definition) is 2. The number of rotatable bonds is 5. The van der Waals surface area contributed by atoms with E-state index in [2.05, 4.69) is 150 Å². The number of benzene rings is 6. The lowest BCUT2D eigenvalue weighted by molar-refractivity contribution is 0.479. The lowest BCUT2D eigenvalue weighted by Crippen LogP contribution is -2.40. The molecule has 0 saturated heterocycles. The van der Waals surface area contributed by atoms with Crippen LogP contribution in [-0.2, 0) is 19.3 Å². The highest BCUT2D eigenvalue weighted by molar-refractivity contribution is 5.82. The van der Waals surface area contributed by atoms with E-state index < -0.39 is 0 Å². The van der Waals surface area contributed by atoms with Gasteiger partial charge in [-0.05, 0) is 105 Å². The molecule has 0 fully saturated rings. The summed E-state index contributed by atoms with van der Waals surface area (Å²) in [6.45, 7) is 0. The van der Waals surface area contributed by atoms with Crippen LogP contribution in [0.4, 0.5) is 11.4 Å². The van der Waals surface area contributed by atoms with Crippen molar-refractivity contribution < 1.29 is 0 Å². The first kappa shape index (κ1) is 25.4. The van der Waals surface area contributed by atoms with Crippen LogP contribution in [-0.4, -0.2) is 6.04 Å². The highest BCUT2D eigenvalue weighted by Gasteiger charge is 2.39. The Bertz CT molecular complexity index is 2010. The van der Waals surface area contributed by atoms with Crippen molar-refractivity contribution in [2.24, 2.45) is 0 Å². The van der Waals surface area contributed by atoms with Crippen LogP contribution in [0.5, 0.6) is 0 Å². The SMILES string of the molecule is c1ccc(C[C@@H]2Nc3cc4c(cc3[C@H](Nc3ccc5c(c3)Cc3ccccc3-5)[C@H]2c2ccccc2)-c2ccccc2C4)cc1. The maximum Gasteiger partial charge on any atom is 0.0622 e. The van der Waals surface area contributed by atoms with Crippen LogP contribution in [0.2, 0.25) is 0 Å². The van der Waals surface area contributed by atoms with Crippen molar-refractivity contribution >= 4 is 11.4 Å². The third-order valence-electron chi connectivity index (χ3n) is 10.0. The summed E-state index contributed by atoms with van der Waals surface area (Å²) < 4.78 is 0. The fourth-order valence-corrected chi connectivity index (χ4v) is 8.03. The van der Waals surface area contributed by atoms with E-state index in [9.17, 15) is 0 Å². The molecule has 0 bridgehead atoms. The summed E-state index contributed by atoms with van der Waals surface area (Å²) in [5.41, 5.74) is 17.7. The lowest BCUT2D eigenvalue weighted by atomic mass is 9.75. The Morgan fingerprint density at radius 1 is 0.545 bits per heavy atom. The minimum absolute atomic E-state index is 0.0993. The van der Waals surface area contributed by atoms with Crippen molar-refractivity contribution in [1.82, 2.24) is 0 Å². The normalized spacial score (nSPS) is 18.8. The second-order valence-corrected chi connectivity index (χ2v) is 12.6. The predicted molar refractivity (Wildman–Crippen MR) is 182 cm³/mol. The zero-order valence-corrected chi connectivity index (χ0v) is 24.6.